The highest BCUT2D eigenvalue weighted by Gasteiger charge is 2.38. The molecule has 1 rings (SSSR count). The van der Waals surface area contributed by atoms with Crippen LogP contribution in [0.5, 0.6) is 0 Å². The maximum atomic E-state index is 9.73. The molecule has 0 saturated heterocycles. The summed E-state index contributed by atoms with van der Waals surface area (Å²) in [6.07, 6.45) is 2.82. The lowest BCUT2D eigenvalue weighted by Gasteiger charge is -2.38. The number of aliphatic hydroxyl groups is 1. The van der Waals surface area contributed by atoms with Gasteiger partial charge >= 0.3 is 0 Å². The molecule has 1 N–H and O–H groups in total. The Morgan fingerprint density at radius 3 is 2.47 bits per heavy atom. The maximum absolute atomic E-state index is 9.73. The average molecular weight is 258 g/mol. The zero-order valence-electron chi connectivity index (χ0n) is 11.9. The molecule has 0 aliphatic carbocycles. The molecule has 3 nitrogen and oxygen atoms in total. The first-order valence-corrected chi connectivity index (χ1v) is 9.20. The third kappa shape index (κ3) is 3.57. The van der Waals surface area contributed by atoms with Crippen LogP contribution in [0.15, 0.2) is 12.3 Å². The number of hydrogen-bond donors (Lipinski definition) is 1. The summed E-state index contributed by atoms with van der Waals surface area (Å²) in [6, 6.07) is 0. The molecular weight excluding hydrogens is 232 g/mol. The topological polar surface area (TPSA) is 38.7 Å². The molecular formula is C13H26O3Si. The third-order valence-electron chi connectivity index (χ3n) is 4.07. The largest absolute Gasteiger partial charge is 0.496 e. The molecule has 1 aliphatic rings. The Morgan fingerprint density at radius 1 is 1.35 bits per heavy atom. The first kappa shape index (κ1) is 14.7. The van der Waals surface area contributed by atoms with Gasteiger partial charge in [0.1, 0.15) is 6.10 Å². The fourth-order valence-electron chi connectivity index (χ4n) is 1.44. The van der Waals surface area contributed by atoms with Crippen molar-refractivity contribution in [1.29, 1.82) is 0 Å². The minimum absolute atomic E-state index is 0.0378. The number of hydrogen-bond acceptors (Lipinski definition) is 3. The first-order valence-electron chi connectivity index (χ1n) is 6.29. The van der Waals surface area contributed by atoms with Gasteiger partial charge in [-0.05, 0) is 24.2 Å². The Morgan fingerprint density at radius 2 is 1.94 bits per heavy atom. The Kier molecular flexibility index (Phi) is 4.44. The van der Waals surface area contributed by atoms with Gasteiger partial charge in [-0.1, -0.05) is 27.7 Å². The van der Waals surface area contributed by atoms with Crippen LogP contribution in [0.25, 0.3) is 0 Å². The Labute approximate surface area is 106 Å². The van der Waals surface area contributed by atoms with Gasteiger partial charge in [0.2, 0.25) is 0 Å². The maximum Gasteiger partial charge on any atom is 0.192 e. The van der Waals surface area contributed by atoms with E-state index < -0.39 is 14.4 Å². The predicted molar refractivity (Wildman–Crippen MR) is 72.3 cm³/mol. The number of rotatable bonds is 3. The molecule has 1 aliphatic heterocycles. The Hall–Kier alpha value is -0.323. The van der Waals surface area contributed by atoms with Crippen LogP contribution in [0, 0.1) is 5.92 Å². The third-order valence-corrected chi connectivity index (χ3v) is 8.57. The second-order valence-electron chi connectivity index (χ2n) is 6.42. The smallest absolute Gasteiger partial charge is 0.192 e. The Bertz CT molecular complexity index is 281. The van der Waals surface area contributed by atoms with E-state index in [1.54, 1.807) is 12.3 Å². The van der Waals surface area contributed by atoms with E-state index in [-0.39, 0.29) is 17.1 Å². The SMILES string of the molecule is CC1C(O)C=COC1CO[Si](C)(C)C(C)(C)C. The molecule has 0 aromatic heterocycles. The van der Waals surface area contributed by atoms with Gasteiger partial charge in [-0.3, -0.25) is 0 Å². The molecule has 0 aromatic carbocycles. The first-order chi connectivity index (χ1) is 7.65. The van der Waals surface area contributed by atoms with Crippen molar-refractivity contribution < 1.29 is 14.3 Å². The molecule has 0 spiro atoms. The molecule has 0 fully saturated rings. The summed E-state index contributed by atoms with van der Waals surface area (Å²) in [7, 11) is -1.73. The standard InChI is InChI=1S/C13H26O3Si/c1-10-11(14)7-8-15-12(10)9-16-17(5,6)13(2,3)4/h7-8,10-12,14H,9H2,1-6H3. The Balaban J connectivity index is 2.54. The minimum Gasteiger partial charge on any atom is -0.496 e. The van der Waals surface area contributed by atoms with Gasteiger partial charge in [0, 0.05) is 5.92 Å². The van der Waals surface area contributed by atoms with Gasteiger partial charge in [0.15, 0.2) is 8.32 Å². The molecule has 0 radical (unpaired) electrons. The van der Waals surface area contributed by atoms with Crippen molar-refractivity contribution in [3.63, 3.8) is 0 Å². The molecule has 1 heterocycles. The quantitative estimate of drug-likeness (QED) is 0.791. The van der Waals surface area contributed by atoms with Gasteiger partial charge in [-0.25, -0.2) is 0 Å². The molecule has 4 heteroatoms. The molecule has 100 valence electrons. The van der Waals surface area contributed by atoms with Gasteiger partial charge in [-0.2, -0.15) is 0 Å². The highest BCUT2D eigenvalue weighted by Crippen LogP contribution is 2.37. The summed E-state index contributed by atoms with van der Waals surface area (Å²) >= 11 is 0. The van der Waals surface area contributed by atoms with E-state index in [4.69, 9.17) is 9.16 Å². The molecule has 3 atom stereocenters. The highest BCUT2D eigenvalue weighted by molar-refractivity contribution is 6.74. The lowest BCUT2D eigenvalue weighted by molar-refractivity contribution is -0.0160. The van der Waals surface area contributed by atoms with E-state index >= 15 is 0 Å². The molecule has 0 amide bonds. The van der Waals surface area contributed by atoms with Gasteiger partial charge in [0.25, 0.3) is 0 Å². The van der Waals surface area contributed by atoms with Crippen LogP contribution in [0.1, 0.15) is 27.7 Å². The predicted octanol–water partition coefficient (Wildman–Crippen LogP) is 2.92. The van der Waals surface area contributed by atoms with Crippen LogP contribution >= 0.6 is 0 Å². The van der Waals surface area contributed by atoms with E-state index in [2.05, 4.69) is 33.9 Å². The summed E-state index contributed by atoms with van der Waals surface area (Å²) in [5.74, 6) is 0.0877. The second kappa shape index (κ2) is 5.12. The van der Waals surface area contributed by atoms with Gasteiger partial charge in [0.05, 0.1) is 19.0 Å². The lowest BCUT2D eigenvalue weighted by atomic mass is 9.97. The minimum atomic E-state index is -1.73. The number of ether oxygens (including phenoxy) is 1. The fourth-order valence-corrected chi connectivity index (χ4v) is 2.46. The van der Waals surface area contributed by atoms with Crippen molar-refractivity contribution in [1.82, 2.24) is 0 Å². The van der Waals surface area contributed by atoms with Gasteiger partial charge in [-0.15, -0.1) is 0 Å². The van der Waals surface area contributed by atoms with Crippen LogP contribution in [0.3, 0.4) is 0 Å². The molecule has 3 unspecified atom stereocenters. The van der Waals surface area contributed by atoms with Crippen molar-refractivity contribution in [3.8, 4) is 0 Å². The molecule has 17 heavy (non-hydrogen) atoms. The van der Waals surface area contributed by atoms with Gasteiger partial charge < -0.3 is 14.3 Å². The van der Waals surface area contributed by atoms with Crippen LogP contribution in [0.4, 0.5) is 0 Å². The normalized spacial score (nSPS) is 30.2. The van der Waals surface area contributed by atoms with Crippen LogP contribution in [-0.2, 0) is 9.16 Å². The lowest BCUT2D eigenvalue weighted by Crippen LogP contribution is -2.45. The van der Waals surface area contributed by atoms with E-state index in [1.165, 1.54) is 0 Å². The van der Waals surface area contributed by atoms with E-state index in [9.17, 15) is 5.11 Å². The van der Waals surface area contributed by atoms with Crippen molar-refractivity contribution in [2.45, 2.75) is 58.0 Å². The number of aliphatic hydroxyl groups excluding tert-OH is 1. The van der Waals surface area contributed by atoms with Crippen molar-refractivity contribution >= 4 is 8.32 Å². The molecule has 0 aromatic rings. The van der Waals surface area contributed by atoms with E-state index in [1.807, 2.05) is 6.92 Å². The summed E-state index contributed by atoms with van der Waals surface area (Å²) in [5.41, 5.74) is 0. The van der Waals surface area contributed by atoms with Crippen LogP contribution in [0.2, 0.25) is 18.1 Å². The zero-order valence-corrected chi connectivity index (χ0v) is 12.9. The molecule has 0 bridgehead atoms. The highest BCUT2D eigenvalue weighted by atomic mass is 28.4. The summed E-state index contributed by atoms with van der Waals surface area (Å²) < 4.78 is 11.6. The van der Waals surface area contributed by atoms with Crippen molar-refractivity contribution in [2.24, 2.45) is 5.92 Å². The van der Waals surface area contributed by atoms with E-state index in [0.717, 1.165) is 0 Å². The zero-order chi connectivity index (χ0) is 13.3. The second-order valence-corrected chi connectivity index (χ2v) is 11.2. The van der Waals surface area contributed by atoms with Crippen molar-refractivity contribution in [3.05, 3.63) is 12.3 Å². The van der Waals surface area contributed by atoms with Crippen LogP contribution < -0.4 is 0 Å². The summed E-state index contributed by atoms with van der Waals surface area (Å²) in [4.78, 5) is 0. The van der Waals surface area contributed by atoms with Crippen LogP contribution in [-0.4, -0.2) is 32.2 Å². The summed E-state index contributed by atoms with van der Waals surface area (Å²) in [5, 5.41) is 9.93. The average Bonchev–Trinajstić information content (AvgIpc) is 2.18. The monoisotopic (exact) mass is 258 g/mol. The van der Waals surface area contributed by atoms with E-state index in [0.29, 0.717) is 6.61 Å². The van der Waals surface area contributed by atoms with Crippen molar-refractivity contribution in [2.75, 3.05) is 6.61 Å². The molecule has 0 saturated carbocycles. The summed E-state index contributed by atoms with van der Waals surface area (Å²) in [6.45, 7) is 13.7. The fraction of sp³-hybridized carbons (Fsp3) is 0.846.